The smallest absolute Gasteiger partial charge is 0.244 e. The number of ether oxygens (including phenoxy) is 3. The minimum absolute atomic E-state index is 0.196. The summed E-state index contributed by atoms with van der Waals surface area (Å²) in [5.74, 6) is 1.88. The zero-order chi connectivity index (χ0) is 23.5. The summed E-state index contributed by atoms with van der Waals surface area (Å²) < 4.78 is 18.3. The zero-order valence-corrected chi connectivity index (χ0v) is 20.9. The SMILES string of the molecule is CCOc1ccc(CC(=O)N/N=C\c2ccc(OCc3ccc(I)cc3)c(OCC)c2)cc1. The van der Waals surface area contributed by atoms with Gasteiger partial charge in [0, 0.05) is 3.57 Å². The van der Waals surface area contributed by atoms with Crippen LogP contribution in [0.3, 0.4) is 0 Å². The molecule has 0 saturated carbocycles. The number of nitrogens with zero attached hydrogens (tertiary/aromatic N) is 1. The van der Waals surface area contributed by atoms with Crippen molar-refractivity contribution in [3.63, 3.8) is 0 Å². The van der Waals surface area contributed by atoms with E-state index in [0.717, 1.165) is 22.4 Å². The summed E-state index contributed by atoms with van der Waals surface area (Å²) >= 11 is 2.28. The van der Waals surface area contributed by atoms with Crippen molar-refractivity contribution in [2.45, 2.75) is 26.9 Å². The van der Waals surface area contributed by atoms with Crippen molar-refractivity contribution in [3.05, 3.63) is 87.0 Å². The molecular weight excluding hydrogens is 531 g/mol. The van der Waals surface area contributed by atoms with Crippen LogP contribution in [0, 0.1) is 3.57 Å². The summed E-state index contributed by atoms with van der Waals surface area (Å²) in [6.07, 6.45) is 1.82. The van der Waals surface area contributed by atoms with Crippen LogP contribution >= 0.6 is 22.6 Å². The van der Waals surface area contributed by atoms with Gasteiger partial charge in [0.15, 0.2) is 11.5 Å². The van der Waals surface area contributed by atoms with Crippen LogP contribution < -0.4 is 19.6 Å². The number of rotatable bonds is 11. The Hall–Kier alpha value is -3.07. The minimum Gasteiger partial charge on any atom is -0.494 e. The van der Waals surface area contributed by atoms with E-state index >= 15 is 0 Å². The minimum atomic E-state index is -0.196. The number of halogens is 1. The molecule has 3 rings (SSSR count). The average molecular weight is 558 g/mol. The average Bonchev–Trinajstić information content (AvgIpc) is 2.81. The van der Waals surface area contributed by atoms with Gasteiger partial charge in [0.05, 0.1) is 25.8 Å². The summed E-state index contributed by atoms with van der Waals surface area (Å²) in [5.41, 5.74) is 5.33. The third-order valence-corrected chi connectivity index (χ3v) is 5.30. The largest absolute Gasteiger partial charge is 0.494 e. The molecule has 0 radical (unpaired) electrons. The maximum Gasteiger partial charge on any atom is 0.244 e. The van der Waals surface area contributed by atoms with E-state index in [-0.39, 0.29) is 12.3 Å². The first-order chi connectivity index (χ1) is 16.1. The molecule has 172 valence electrons. The first kappa shape index (κ1) is 24.6. The van der Waals surface area contributed by atoms with Crippen molar-refractivity contribution in [2.75, 3.05) is 13.2 Å². The van der Waals surface area contributed by atoms with E-state index in [2.05, 4.69) is 33.1 Å². The number of hydrogen-bond acceptors (Lipinski definition) is 5. The number of benzene rings is 3. The highest BCUT2D eigenvalue weighted by Gasteiger charge is 2.07. The summed E-state index contributed by atoms with van der Waals surface area (Å²) in [4.78, 5) is 12.2. The lowest BCUT2D eigenvalue weighted by atomic mass is 10.1. The van der Waals surface area contributed by atoms with Crippen LogP contribution in [-0.4, -0.2) is 25.3 Å². The molecule has 1 N–H and O–H groups in total. The highest BCUT2D eigenvalue weighted by molar-refractivity contribution is 14.1. The van der Waals surface area contributed by atoms with Gasteiger partial charge in [-0.2, -0.15) is 5.10 Å². The molecule has 3 aromatic rings. The Labute approximate surface area is 208 Å². The van der Waals surface area contributed by atoms with E-state index in [4.69, 9.17) is 14.2 Å². The summed E-state index contributed by atoms with van der Waals surface area (Å²) in [5, 5.41) is 4.07. The van der Waals surface area contributed by atoms with Gasteiger partial charge in [0.1, 0.15) is 12.4 Å². The molecule has 0 aliphatic carbocycles. The maximum atomic E-state index is 12.2. The van der Waals surface area contributed by atoms with Crippen LogP contribution in [0.5, 0.6) is 17.2 Å². The molecule has 0 bridgehead atoms. The fourth-order valence-corrected chi connectivity index (χ4v) is 3.37. The highest BCUT2D eigenvalue weighted by atomic mass is 127. The lowest BCUT2D eigenvalue weighted by molar-refractivity contribution is -0.120. The van der Waals surface area contributed by atoms with E-state index in [0.29, 0.717) is 31.3 Å². The fraction of sp³-hybridized carbons (Fsp3) is 0.231. The van der Waals surface area contributed by atoms with Gasteiger partial charge in [-0.05, 0) is 95.6 Å². The van der Waals surface area contributed by atoms with Crippen LogP contribution in [0.2, 0.25) is 0 Å². The first-order valence-electron chi connectivity index (χ1n) is 10.7. The summed E-state index contributed by atoms with van der Waals surface area (Å²) in [7, 11) is 0. The van der Waals surface area contributed by atoms with E-state index in [1.807, 2.05) is 80.6 Å². The number of hydrogen-bond donors (Lipinski definition) is 1. The number of nitrogens with one attached hydrogen (secondary N) is 1. The molecule has 1 amide bonds. The second-order valence-corrected chi connectivity index (χ2v) is 8.35. The Kier molecular flexibility index (Phi) is 9.56. The number of hydrazone groups is 1. The molecule has 0 atom stereocenters. The number of amides is 1. The monoisotopic (exact) mass is 558 g/mol. The highest BCUT2D eigenvalue weighted by Crippen LogP contribution is 2.29. The summed E-state index contributed by atoms with van der Waals surface area (Å²) in [6.45, 7) is 5.43. The predicted octanol–water partition coefficient (Wildman–Crippen LogP) is 5.36. The maximum absolute atomic E-state index is 12.2. The second-order valence-electron chi connectivity index (χ2n) is 7.10. The van der Waals surface area contributed by atoms with Crippen molar-refractivity contribution < 1.29 is 19.0 Å². The zero-order valence-electron chi connectivity index (χ0n) is 18.7. The van der Waals surface area contributed by atoms with Crippen LogP contribution in [0.1, 0.15) is 30.5 Å². The van der Waals surface area contributed by atoms with Gasteiger partial charge in [-0.15, -0.1) is 0 Å². The van der Waals surface area contributed by atoms with Crippen molar-refractivity contribution >= 4 is 34.7 Å². The molecule has 0 fully saturated rings. The molecule has 0 aromatic heterocycles. The molecule has 0 aliphatic heterocycles. The Morgan fingerprint density at radius 2 is 1.58 bits per heavy atom. The van der Waals surface area contributed by atoms with Crippen LogP contribution in [0.15, 0.2) is 71.8 Å². The van der Waals surface area contributed by atoms with Gasteiger partial charge in [-0.25, -0.2) is 5.43 Å². The van der Waals surface area contributed by atoms with Crippen molar-refractivity contribution in [2.24, 2.45) is 5.10 Å². The molecule has 0 aliphatic rings. The van der Waals surface area contributed by atoms with E-state index < -0.39 is 0 Å². The van der Waals surface area contributed by atoms with Gasteiger partial charge in [0.25, 0.3) is 0 Å². The Morgan fingerprint density at radius 1 is 0.879 bits per heavy atom. The standard InChI is InChI=1S/C26H27IN2O4/c1-3-31-23-12-7-19(8-13-23)16-26(30)29-28-17-21-9-14-24(25(15-21)32-4-2)33-18-20-5-10-22(27)11-6-20/h5-15,17H,3-4,16,18H2,1-2H3,(H,29,30)/b28-17-. The van der Waals surface area contributed by atoms with Gasteiger partial charge in [-0.3, -0.25) is 4.79 Å². The van der Waals surface area contributed by atoms with Crippen molar-refractivity contribution in [1.29, 1.82) is 0 Å². The second kappa shape index (κ2) is 12.8. The number of carbonyl (C=O) groups is 1. The lowest BCUT2D eigenvalue weighted by Gasteiger charge is -2.12. The van der Waals surface area contributed by atoms with E-state index in [1.54, 1.807) is 6.21 Å². The first-order valence-corrected chi connectivity index (χ1v) is 11.8. The van der Waals surface area contributed by atoms with E-state index in [1.165, 1.54) is 3.57 Å². The van der Waals surface area contributed by atoms with Crippen LogP contribution in [-0.2, 0) is 17.8 Å². The van der Waals surface area contributed by atoms with Gasteiger partial charge in [0.2, 0.25) is 5.91 Å². The lowest BCUT2D eigenvalue weighted by Crippen LogP contribution is -2.19. The Morgan fingerprint density at radius 3 is 2.27 bits per heavy atom. The normalized spacial score (nSPS) is 10.8. The molecule has 33 heavy (non-hydrogen) atoms. The quantitative estimate of drug-likeness (QED) is 0.196. The molecule has 0 spiro atoms. The predicted molar refractivity (Wildman–Crippen MR) is 138 cm³/mol. The third kappa shape index (κ3) is 8.09. The molecular formula is C26H27IN2O4. The van der Waals surface area contributed by atoms with Gasteiger partial charge < -0.3 is 14.2 Å². The van der Waals surface area contributed by atoms with E-state index in [9.17, 15) is 4.79 Å². The molecule has 0 unspecified atom stereocenters. The van der Waals surface area contributed by atoms with Crippen LogP contribution in [0.4, 0.5) is 0 Å². The molecule has 7 heteroatoms. The van der Waals surface area contributed by atoms with Crippen molar-refractivity contribution in [1.82, 2.24) is 5.43 Å². The molecule has 0 heterocycles. The number of carbonyl (C=O) groups excluding carboxylic acids is 1. The fourth-order valence-electron chi connectivity index (χ4n) is 3.01. The summed E-state index contributed by atoms with van der Waals surface area (Å²) in [6, 6.07) is 21.2. The van der Waals surface area contributed by atoms with Gasteiger partial charge >= 0.3 is 0 Å². The third-order valence-electron chi connectivity index (χ3n) is 4.58. The molecule has 3 aromatic carbocycles. The van der Waals surface area contributed by atoms with Gasteiger partial charge in [-0.1, -0.05) is 24.3 Å². The molecule has 6 nitrogen and oxygen atoms in total. The Bertz CT molecular complexity index is 1070. The molecule has 0 saturated heterocycles. The topological polar surface area (TPSA) is 69.2 Å². The van der Waals surface area contributed by atoms with Crippen LogP contribution in [0.25, 0.3) is 0 Å². The van der Waals surface area contributed by atoms with Crippen molar-refractivity contribution in [3.8, 4) is 17.2 Å². The Balaban J connectivity index is 1.56.